The number of carbonyl (C=O) groups is 1. The molecule has 0 bridgehead atoms. The van der Waals surface area contributed by atoms with Gasteiger partial charge in [-0.05, 0) is 23.3 Å². The second-order valence-corrected chi connectivity index (χ2v) is 5.46. The third-order valence-electron chi connectivity index (χ3n) is 3.46. The van der Waals surface area contributed by atoms with Gasteiger partial charge in [-0.2, -0.15) is 0 Å². The first-order valence-electron chi connectivity index (χ1n) is 6.85. The number of halogens is 1. The zero-order chi connectivity index (χ0) is 15.7. The normalized spacial score (nSPS) is 12.3. The Labute approximate surface area is 132 Å². The van der Waals surface area contributed by atoms with Gasteiger partial charge in [-0.3, -0.25) is 9.59 Å². The smallest absolute Gasteiger partial charge is 0.303 e. The van der Waals surface area contributed by atoms with Crippen molar-refractivity contribution in [3.8, 4) is 11.1 Å². The van der Waals surface area contributed by atoms with Crippen LogP contribution in [-0.2, 0) is 9.53 Å². The van der Waals surface area contributed by atoms with Crippen LogP contribution >= 0.6 is 11.6 Å². The highest BCUT2D eigenvalue weighted by Gasteiger charge is 2.33. The summed E-state index contributed by atoms with van der Waals surface area (Å²) in [6.07, 6.45) is -0.656. The molecule has 0 fully saturated rings. The van der Waals surface area contributed by atoms with E-state index in [4.69, 9.17) is 16.3 Å². The first-order valence-corrected chi connectivity index (χ1v) is 7.22. The minimum atomic E-state index is -0.656. The minimum Gasteiger partial charge on any atom is -0.453 e. The molecule has 0 aliphatic heterocycles. The molecule has 0 aliphatic carbocycles. The van der Waals surface area contributed by atoms with Gasteiger partial charge in [0.2, 0.25) is 0 Å². The molecular weight excluding hydrogens is 300 g/mol. The number of hydrogen-bond donors (Lipinski definition) is 0. The summed E-state index contributed by atoms with van der Waals surface area (Å²) >= 11 is 5.87. The third kappa shape index (κ3) is 2.81. The summed E-state index contributed by atoms with van der Waals surface area (Å²) in [6, 6.07) is 16.3. The highest BCUT2D eigenvalue weighted by molar-refractivity contribution is 6.30. The van der Waals surface area contributed by atoms with Gasteiger partial charge in [-0.15, -0.1) is 0 Å². The van der Waals surface area contributed by atoms with Gasteiger partial charge in [-0.1, -0.05) is 54.1 Å². The van der Waals surface area contributed by atoms with Crippen molar-refractivity contribution in [3.05, 3.63) is 81.0 Å². The predicted octanol–water partition coefficient (Wildman–Crippen LogP) is 3.90. The number of esters is 1. The second kappa shape index (κ2) is 5.78. The molecule has 0 aliphatic rings. The highest BCUT2D eigenvalue weighted by Crippen LogP contribution is 2.36. The molecule has 0 saturated carbocycles. The van der Waals surface area contributed by atoms with Crippen LogP contribution in [0, 0.1) is 0 Å². The first-order chi connectivity index (χ1) is 10.6. The molecule has 0 radical (unpaired) electrons. The van der Waals surface area contributed by atoms with E-state index >= 15 is 0 Å². The fourth-order valence-electron chi connectivity index (χ4n) is 2.42. The molecule has 0 N–H and O–H groups in total. The Morgan fingerprint density at radius 3 is 2.27 bits per heavy atom. The van der Waals surface area contributed by atoms with Gasteiger partial charge in [0.05, 0.1) is 5.56 Å². The van der Waals surface area contributed by atoms with E-state index < -0.39 is 12.1 Å². The molecule has 1 atom stereocenters. The average Bonchev–Trinajstić information content (AvgIpc) is 3.17. The van der Waals surface area contributed by atoms with E-state index in [1.54, 1.807) is 24.3 Å². The van der Waals surface area contributed by atoms with Crippen molar-refractivity contribution in [2.45, 2.75) is 13.0 Å². The van der Waals surface area contributed by atoms with Crippen LogP contribution in [0.3, 0.4) is 0 Å². The van der Waals surface area contributed by atoms with Gasteiger partial charge < -0.3 is 4.74 Å². The van der Waals surface area contributed by atoms with Crippen LogP contribution in [0.2, 0.25) is 5.02 Å². The molecule has 3 aromatic carbocycles. The number of hydrogen-bond acceptors (Lipinski definition) is 3. The Balaban J connectivity index is 1.99. The SMILES string of the molecule is CC(=O)OC(c1ccccc1)c1c(-c2ccc(Cl)cc2)c1=O. The van der Waals surface area contributed by atoms with E-state index in [1.165, 1.54) is 6.92 Å². The van der Waals surface area contributed by atoms with Crippen LogP contribution in [0.1, 0.15) is 24.2 Å². The van der Waals surface area contributed by atoms with Crippen LogP contribution in [0.4, 0.5) is 0 Å². The lowest BCUT2D eigenvalue weighted by molar-refractivity contribution is -0.144. The van der Waals surface area contributed by atoms with Gasteiger partial charge in [0, 0.05) is 17.5 Å². The van der Waals surface area contributed by atoms with Gasteiger partial charge >= 0.3 is 5.97 Å². The van der Waals surface area contributed by atoms with Crippen molar-refractivity contribution in [2.75, 3.05) is 0 Å². The number of rotatable bonds is 4. The number of benzene rings is 2. The fraction of sp³-hybridized carbons (Fsp3) is 0.111. The number of ether oxygens (including phenoxy) is 1. The lowest BCUT2D eigenvalue weighted by atomic mass is 10.1. The van der Waals surface area contributed by atoms with Crippen molar-refractivity contribution in [1.82, 2.24) is 0 Å². The molecule has 4 heteroatoms. The molecule has 0 aromatic heterocycles. The molecule has 0 spiro atoms. The van der Waals surface area contributed by atoms with Gasteiger partial charge in [0.1, 0.15) is 0 Å². The highest BCUT2D eigenvalue weighted by atomic mass is 35.5. The molecule has 0 saturated heterocycles. The Bertz CT molecular complexity index is 812. The number of carbonyl (C=O) groups excluding carboxylic acids is 1. The molecular formula is C18H13ClO3. The van der Waals surface area contributed by atoms with E-state index in [0.717, 1.165) is 11.1 Å². The van der Waals surface area contributed by atoms with Crippen LogP contribution < -0.4 is 5.43 Å². The summed E-state index contributed by atoms with van der Waals surface area (Å²) in [6.45, 7) is 1.34. The lowest BCUT2D eigenvalue weighted by Gasteiger charge is -2.13. The Morgan fingerprint density at radius 2 is 1.68 bits per heavy atom. The maximum atomic E-state index is 12.2. The second-order valence-electron chi connectivity index (χ2n) is 5.02. The molecule has 0 amide bonds. The van der Waals surface area contributed by atoms with Crippen LogP contribution in [0.15, 0.2) is 59.4 Å². The maximum Gasteiger partial charge on any atom is 0.303 e. The van der Waals surface area contributed by atoms with Gasteiger partial charge in [-0.25, -0.2) is 0 Å². The largest absolute Gasteiger partial charge is 0.453 e. The topological polar surface area (TPSA) is 43.4 Å². The van der Waals surface area contributed by atoms with E-state index in [9.17, 15) is 9.59 Å². The quantitative estimate of drug-likeness (QED) is 0.686. The summed E-state index contributed by atoms with van der Waals surface area (Å²) in [5.74, 6) is -0.420. The Hall–Kier alpha value is -2.39. The van der Waals surface area contributed by atoms with Crippen LogP contribution in [-0.4, -0.2) is 5.97 Å². The first kappa shape index (κ1) is 14.5. The predicted molar refractivity (Wildman–Crippen MR) is 85.6 cm³/mol. The lowest BCUT2D eigenvalue weighted by Crippen LogP contribution is -2.09. The molecule has 3 aromatic rings. The third-order valence-corrected chi connectivity index (χ3v) is 3.71. The minimum absolute atomic E-state index is 0.0718. The van der Waals surface area contributed by atoms with E-state index in [0.29, 0.717) is 16.1 Å². The van der Waals surface area contributed by atoms with E-state index in [-0.39, 0.29) is 5.43 Å². The van der Waals surface area contributed by atoms with E-state index in [1.807, 2.05) is 30.3 Å². The van der Waals surface area contributed by atoms with Crippen molar-refractivity contribution < 1.29 is 9.53 Å². The summed E-state index contributed by atoms with van der Waals surface area (Å²) in [5.41, 5.74) is 2.63. The zero-order valence-corrected chi connectivity index (χ0v) is 12.6. The molecule has 22 heavy (non-hydrogen) atoms. The molecule has 1 unspecified atom stereocenters. The summed E-state index contributed by atoms with van der Waals surface area (Å²) in [7, 11) is 0. The summed E-state index contributed by atoms with van der Waals surface area (Å²) < 4.78 is 5.36. The monoisotopic (exact) mass is 312 g/mol. The summed E-state index contributed by atoms with van der Waals surface area (Å²) in [5, 5.41) is 0.610. The fourth-order valence-corrected chi connectivity index (χ4v) is 2.55. The van der Waals surface area contributed by atoms with Crippen LogP contribution in [0.25, 0.3) is 11.1 Å². The zero-order valence-electron chi connectivity index (χ0n) is 11.9. The molecule has 3 nitrogen and oxygen atoms in total. The van der Waals surface area contributed by atoms with Crippen LogP contribution in [0.5, 0.6) is 0 Å². The van der Waals surface area contributed by atoms with Crippen molar-refractivity contribution >= 4 is 17.6 Å². The summed E-state index contributed by atoms with van der Waals surface area (Å²) in [4.78, 5) is 23.6. The Kier molecular flexibility index (Phi) is 3.82. The van der Waals surface area contributed by atoms with Gasteiger partial charge in [0.15, 0.2) is 11.5 Å². The standard InChI is InChI=1S/C18H13ClO3/c1-11(20)22-18(13-5-3-2-4-6-13)16-15(17(16)21)12-7-9-14(19)10-8-12/h2-10,18H,1H3. The Morgan fingerprint density at radius 1 is 1.05 bits per heavy atom. The van der Waals surface area contributed by atoms with Gasteiger partial charge in [0.25, 0.3) is 0 Å². The molecule has 3 rings (SSSR count). The van der Waals surface area contributed by atoms with Crippen molar-refractivity contribution in [3.63, 3.8) is 0 Å². The maximum absolute atomic E-state index is 12.2. The average molecular weight is 313 g/mol. The molecule has 0 heterocycles. The van der Waals surface area contributed by atoms with Crippen molar-refractivity contribution in [2.24, 2.45) is 0 Å². The molecule has 110 valence electrons. The van der Waals surface area contributed by atoms with E-state index in [2.05, 4.69) is 0 Å². The van der Waals surface area contributed by atoms with Crippen molar-refractivity contribution in [1.29, 1.82) is 0 Å².